The zero-order valence-electron chi connectivity index (χ0n) is 13.7. The van der Waals surface area contributed by atoms with Crippen molar-refractivity contribution in [3.05, 3.63) is 52.9 Å². The molecule has 0 saturated heterocycles. The molecule has 0 aliphatic heterocycles. The molecule has 2 aromatic heterocycles. The lowest BCUT2D eigenvalue weighted by Crippen LogP contribution is -2.22. The molecule has 3 rings (SSSR count). The number of thioether (sulfide) groups is 1. The number of rotatable bonds is 6. The maximum absolute atomic E-state index is 12.1. The van der Waals surface area contributed by atoms with Crippen molar-refractivity contribution in [3.8, 4) is 11.3 Å². The molecular formula is C17H16ClN3O3S. The lowest BCUT2D eigenvalue weighted by atomic mass is 10.1. The van der Waals surface area contributed by atoms with Crippen LogP contribution in [0.2, 0.25) is 5.02 Å². The van der Waals surface area contributed by atoms with E-state index < -0.39 is 0 Å². The molecule has 1 unspecified atom stereocenters. The van der Waals surface area contributed by atoms with Crippen molar-refractivity contribution in [2.24, 2.45) is 0 Å². The van der Waals surface area contributed by atoms with E-state index in [1.807, 2.05) is 25.1 Å². The first-order chi connectivity index (χ1) is 12.0. The molecule has 0 aliphatic rings. The zero-order chi connectivity index (χ0) is 17.8. The number of carbonyl (C=O) groups excluding carboxylic acids is 1. The molecule has 130 valence electrons. The summed E-state index contributed by atoms with van der Waals surface area (Å²) in [5.74, 6) is 2.15. The third kappa shape index (κ3) is 4.64. The van der Waals surface area contributed by atoms with Gasteiger partial charge >= 0.3 is 0 Å². The van der Waals surface area contributed by atoms with Crippen molar-refractivity contribution in [2.75, 3.05) is 5.32 Å². The smallest absolute Gasteiger partial charge is 0.238 e. The molecule has 0 aliphatic carbocycles. The molecule has 0 radical (unpaired) electrons. The highest BCUT2D eigenvalue weighted by molar-refractivity contribution is 7.99. The van der Waals surface area contributed by atoms with Crippen LogP contribution in [0.5, 0.6) is 0 Å². The molecule has 1 amide bonds. The molecule has 2 heterocycles. The van der Waals surface area contributed by atoms with E-state index >= 15 is 0 Å². The molecule has 0 fully saturated rings. The van der Waals surface area contributed by atoms with E-state index in [1.54, 1.807) is 25.1 Å². The number of nitrogens with zero attached hydrogens (tertiary/aromatic N) is 2. The highest BCUT2D eigenvalue weighted by Crippen LogP contribution is 2.25. The van der Waals surface area contributed by atoms with E-state index in [9.17, 15) is 4.79 Å². The fourth-order valence-corrected chi connectivity index (χ4v) is 2.96. The molecule has 8 heteroatoms. The van der Waals surface area contributed by atoms with Crippen LogP contribution in [0.3, 0.4) is 0 Å². The second kappa shape index (κ2) is 7.76. The average Bonchev–Trinajstić information content (AvgIpc) is 3.22. The van der Waals surface area contributed by atoms with Crippen LogP contribution in [-0.4, -0.2) is 21.5 Å². The largest absolute Gasteiger partial charge is 0.360 e. The molecule has 25 heavy (non-hydrogen) atoms. The Morgan fingerprint density at radius 3 is 2.68 bits per heavy atom. The maximum Gasteiger partial charge on any atom is 0.238 e. The number of aromatic nitrogens is 2. The lowest BCUT2D eigenvalue weighted by Gasteiger charge is -2.08. The van der Waals surface area contributed by atoms with E-state index in [2.05, 4.69) is 15.6 Å². The number of benzene rings is 1. The van der Waals surface area contributed by atoms with Crippen molar-refractivity contribution in [2.45, 2.75) is 24.9 Å². The number of carbonyl (C=O) groups is 1. The van der Waals surface area contributed by atoms with Crippen molar-refractivity contribution in [1.82, 2.24) is 10.3 Å². The number of halogens is 1. The van der Waals surface area contributed by atoms with Crippen LogP contribution in [0.4, 0.5) is 5.82 Å². The van der Waals surface area contributed by atoms with Gasteiger partial charge in [0.25, 0.3) is 0 Å². The molecular weight excluding hydrogens is 362 g/mol. The normalized spacial score (nSPS) is 12.1. The third-order valence-electron chi connectivity index (χ3n) is 3.42. The van der Waals surface area contributed by atoms with E-state index in [4.69, 9.17) is 20.6 Å². The Morgan fingerprint density at radius 2 is 2.00 bits per heavy atom. The Bertz CT molecular complexity index is 860. The Hall–Kier alpha value is -2.25. The second-order valence-electron chi connectivity index (χ2n) is 5.45. The molecule has 6 nitrogen and oxygen atoms in total. The SMILES string of the molecule is Cc1cc(NC(=O)C(C)SCc2cc(-c3ccc(Cl)cc3)no2)no1. The summed E-state index contributed by atoms with van der Waals surface area (Å²) in [4.78, 5) is 12.1. The van der Waals surface area contributed by atoms with Crippen molar-refractivity contribution >= 4 is 35.1 Å². The summed E-state index contributed by atoms with van der Waals surface area (Å²) < 4.78 is 10.3. The van der Waals surface area contributed by atoms with Gasteiger partial charge in [-0.3, -0.25) is 4.79 Å². The summed E-state index contributed by atoms with van der Waals surface area (Å²) >= 11 is 7.33. The fourth-order valence-electron chi connectivity index (χ4n) is 2.07. The van der Waals surface area contributed by atoms with Gasteiger partial charge in [0, 0.05) is 22.7 Å². The van der Waals surface area contributed by atoms with E-state index in [-0.39, 0.29) is 11.2 Å². The van der Waals surface area contributed by atoms with Crippen LogP contribution in [0, 0.1) is 6.92 Å². The Morgan fingerprint density at radius 1 is 1.24 bits per heavy atom. The molecule has 0 spiro atoms. The third-order valence-corrected chi connectivity index (χ3v) is 4.84. The van der Waals surface area contributed by atoms with Crippen molar-refractivity contribution in [1.29, 1.82) is 0 Å². The standard InChI is InChI=1S/C17H16ClN3O3S/c1-10-7-16(21-23-10)19-17(22)11(2)25-9-14-8-15(20-24-14)12-3-5-13(18)6-4-12/h3-8,11H,9H2,1-2H3,(H,19,21,22). The van der Waals surface area contributed by atoms with Crippen LogP contribution < -0.4 is 5.32 Å². The Kier molecular flexibility index (Phi) is 5.45. The first kappa shape index (κ1) is 17.6. The number of hydrogen-bond acceptors (Lipinski definition) is 6. The van der Waals surface area contributed by atoms with Crippen LogP contribution in [0.25, 0.3) is 11.3 Å². The van der Waals surface area contributed by atoms with Crippen LogP contribution in [0.1, 0.15) is 18.4 Å². The first-order valence-electron chi connectivity index (χ1n) is 7.58. The molecule has 1 aromatic carbocycles. The summed E-state index contributed by atoms with van der Waals surface area (Å²) in [6, 6.07) is 10.9. The number of anilines is 1. The summed E-state index contributed by atoms with van der Waals surface area (Å²) in [6.45, 7) is 3.59. The van der Waals surface area contributed by atoms with Gasteiger partial charge in [0.15, 0.2) is 5.82 Å². The molecule has 0 bridgehead atoms. The summed E-state index contributed by atoms with van der Waals surface area (Å²) in [5.41, 5.74) is 1.67. The molecule has 1 N–H and O–H groups in total. The van der Waals surface area contributed by atoms with E-state index in [0.29, 0.717) is 28.1 Å². The lowest BCUT2D eigenvalue weighted by molar-refractivity contribution is -0.115. The van der Waals surface area contributed by atoms with Crippen LogP contribution >= 0.6 is 23.4 Å². The highest BCUT2D eigenvalue weighted by Gasteiger charge is 2.16. The minimum atomic E-state index is -0.277. The van der Waals surface area contributed by atoms with Crippen molar-refractivity contribution < 1.29 is 13.8 Å². The maximum atomic E-state index is 12.1. The van der Waals surface area contributed by atoms with Gasteiger partial charge in [0.1, 0.15) is 17.2 Å². The van der Waals surface area contributed by atoms with Crippen molar-refractivity contribution in [3.63, 3.8) is 0 Å². The summed E-state index contributed by atoms with van der Waals surface area (Å²) in [7, 11) is 0. The number of hydrogen-bond donors (Lipinski definition) is 1. The van der Waals surface area contributed by atoms with Gasteiger partial charge in [-0.25, -0.2) is 0 Å². The number of amides is 1. The molecule has 3 aromatic rings. The summed E-state index contributed by atoms with van der Waals surface area (Å²) in [5, 5.41) is 10.9. The van der Waals surface area contributed by atoms with Gasteiger partial charge in [-0.2, -0.15) is 0 Å². The topological polar surface area (TPSA) is 81.2 Å². The fraction of sp³-hybridized carbons (Fsp3) is 0.235. The summed E-state index contributed by atoms with van der Waals surface area (Å²) in [6.07, 6.45) is 0. The quantitative estimate of drug-likeness (QED) is 0.678. The molecule has 1 atom stereocenters. The number of nitrogens with one attached hydrogen (secondary N) is 1. The Balaban J connectivity index is 1.54. The van der Waals surface area contributed by atoms with Gasteiger partial charge < -0.3 is 14.4 Å². The van der Waals surface area contributed by atoms with E-state index in [1.165, 1.54) is 11.8 Å². The first-order valence-corrected chi connectivity index (χ1v) is 9.01. The van der Waals surface area contributed by atoms with Crippen LogP contribution in [-0.2, 0) is 10.5 Å². The van der Waals surface area contributed by atoms with Gasteiger partial charge in [-0.15, -0.1) is 11.8 Å². The monoisotopic (exact) mass is 377 g/mol. The van der Waals surface area contributed by atoms with Gasteiger partial charge in [0.2, 0.25) is 5.91 Å². The zero-order valence-corrected chi connectivity index (χ0v) is 15.2. The molecule has 0 saturated carbocycles. The van der Waals surface area contributed by atoms with Gasteiger partial charge in [0.05, 0.1) is 11.0 Å². The second-order valence-corrected chi connectivity index (χ2v) is 7.22. The van der Waals surface area contributed by atoms with Gasteiger partial charge in [-0.1, -0.05) is 34.0 Å². The van der Waals surface area contributed by atoms with Gasteiger partial charge in [-0.05, 0) is 26.0 Å². The Labute approximate surface area is 153 Å². The minimum absolute atomic E-state index is 0.143. The number of aryl methyl sites for hydroxylation is 1. The van der Waals surface area contributed by atoms with E-state index in [0.717, 1.165) is 11.3 Å². The average molecular weight is 378 g/mol. The van der Waals surface area contributed by atoms with Crippen LogP contribution in [0.15, 0.2) is 45.4 Å². The predicted molar refractivity (Wildman–Crippen MR) is 97.6 cm³/mol. The highest BCUT2D eigenvalue weighted by atomic mass is 35.5. The predicted octanol–water partition coefficient (Wildman–Crippen LogP) is 4.55. The minimum Gasteiger partial charge on any atom is -0.360 e.